The van der Waals surface area contributed by atoms with Crippen molar-refractivity contribution in [2.45, 2.75) is 39.7 Å². The minimum Gasteiger partial charge on any atom is -0.382 e. The molecule has 0 saturated heterocycles. The Morgan fingerprint density at radius 3 is 2.17 bits per heavy atom. The molecule has 126 valence electrons. The van der Waals surface area contributed by atoms with Gasteiger partial charge >= 0.3 is 0 Å². The normalized spacial score (nSPS) is 10.9. The third-order valence-electron chi connectivity index (χ3n) is 3.74. The van der Waals surface area contributed by atoms with Crippen molar-refractivity contribution in [3.8, 4) is 0 Å². The van der Waals surface area contributed by atoms with Gasteiger partial charge in [0.05, 0.1) is 10.5 Å². The van der Waals surface area contributed by atoms with Crippen LogP contribution in [-0.2, 0) is 0 Å². The maximum Gasteiger partial charge on any atom is 0.270 e. The third kappa shape index (κ3) is 3.98. The number of ketones is 1. The van der Waals surface area contributed by atoms with Gasteiger partial charge in [0.1, 0.15) is 0 Å². The maximum atomic E-state index is 12.8. The molecule has 0 atom stereocenters. The zero-order chi connectivity index (χ0) is 17.9. The van der Waals surface area contributed by atoms with E-state index in [2.05, 4.69) is 19.2 Å². The molecule has 24 heavy (non-hydrogen) atoms. The highest BCUT2D eigenvalue weighted by Gasteiger charge is 2.19. The van der Waals surface area contributed by atoms with Crippen molar-refractivity contribution in [2.24, 2.45) is 0 Å². The van der Waals surface area contributed by atoms with Crippen molar-refractivity contribution in [2.75, 3.05) is 5.32 Å². The number of anilines is 1. The monoisotopic (exact) mass is 326 g/mol. The number of benzene rings is 2. The van der Waals surface area contributed by atoms with Gasteiger partial charge in [0.2, 0.25) is 0 Å². The number of carbonyl (C=O) groups excluding carboxylic acids is 1. The molecule has 0 aliphatic heterocycles. The molecule has 5 nitrogen and oxygen atoms in total. The second kappa shape index (κ2) is 7.25. The zero-order valence-electron chi connectivity index (χ0n) is 14.4. The summed E-state index contributed by atoms with van der Waals surface area (Å²) in [5.74, 6) is 0.155. The van der Waals surface area contributed by atoms with Crippen molar-refractivity contribution in [3.05, 3.63) is 69.3 Å². The maximum absolute atomic E-state index is 12.8. The number of nitro benzene ring substituents is 1. The summed E-state index contributed by atoms with van der Waals surface area (Å²) >= 11 is 0. The average Bonchev–Trinajstić information content (AvgIpc) is 2.54. The van der Waals surface area contributed by atoms with E-state index in [1.54, 1.807) is 18.2 Å². The lowest BCUT2D eigenvalue weighted by molar-refractivity contribution is -0.384. The van der Waals surface area contributed by atoms with E-state index < -0.39 is 4.92 Å². The average molecular weight is 326 g/mol. The van der Waals surface area contributed by atoms with E-state index in [9.17, 15) is 14.9 Å². The van der Waals surface area contributed by atoms with Crippen LogP contribution in [0.2, 0.25) is 0 Å². The summed E-state index contributed by atoms with van der Waals surface area (Å²) in [5.41, 5.74) is 2.49. The van der Waals surface area contributed by atoms with Crippen molar-refractivity contribution in [3.63, 3.8) is 0 Å². The standard InChI is InChI=1S/C19H22N2O3/c1-12(2)14-5-7-15(8-6-14)19(22)17-11-16(21(23)24)9-10-18(17)20-13(3)4/h5-13,20H,1-4H3. The van der Waals surface area contributed by atoms with E-state index in [0.717, 1.165) is 5.56 Å². The Morgan fingerprint density at radius 2 is 1.67 bits per heavy atom. The van der Waals surface area contributed by atoms with Crippen LogP contribution in [0.15, 0.2) is 42.5 Å². The number of rotatable bonds is 6. The van der Waals surface area contributed by atoms with Gasteiger partial charge < -0.3 is 5.32 Å². The van der Waals surface area contributed by atoms with Crippen LogP contribution in [0.5, 0.6) is 0 Å². The fraction of sp³-hybridized carbons (Fsp3) is 0.316. The summed E-state index contributed by atoms with van der Waals surface area (Å²) in [6.45, 7) is 8.07. The van der Waals surface area contributed by atoms with E-state index in [1.165, 1.54) is 12.1 Å². The Balaban J connectivity index is 2.45. The van der Waals surface area contributed by atoms with Gasteiger partial charge in [-0.15, -0.1) is 0 Å². The smallest absolute Gasteiger partial charge is 0.270 e. The van der Waals surface area contributed by atoms with E-state index in [0.29, 0.717) is 22.7 Å². The lowest BCUT2D eigenvalue weighted by Gasteiger charge is -2.14. The number of non-ortho nitro benzene ring substituents is 1. The predicted octanol–water partition coefficient (Wildman–Crippen LogP) is 4.77. The Labute approximate surface area is 141 Å². The Morgan fingerprint density at radius 1 is 1.04 bits per heavy atom. The molecule has 2 aromatic carbocycles. The largest absolute Gasteiger partial charge is 0.382 e. The minimum atomic E-state index is -0.488. The van der Waals surface area contributed by atoms with Gasteiger partial charge in [-0.2, -0.15) is 0 Å². The molecular formula is C19H22N2O3. The van der Waals surface area contributed by atoms with E-state index in [4.69, 9.17) is 0 Å². The van der Waals surface area contributed by atoms with Gasteiger partial charge in [-0.25, -0.2) is 0 Å². The molecule has 2 rings (SSSR count). The molecule has 0 radical (unpaired) electrons. The molecule has 0 aromatic heterocycles. The Bertz CT molecular complexity index is 750. The molecule has 0 saturated carbocycles. The highest BCUT2D eigenvalue weighted by molar-refractivity contribution is 6.12. The summed E-state index contributed by atoms with van der Waals surface area (Å²) in [5, 5.41) is 14.2. The predicted molar refractivity (Wildman–Crippen MR) is 95.8 cm³/mol. The van der Waals surface area contributed by atoms with Crippen LogP contribution in [0.1, 0.15) is 55.1 Å². The molecule has 0 spiro atoms. The quantitative estimate of drug-likeness (QED) is 0.471. The summed E-state index contributed by atoms with van der Waals surface area (Å²) < 4.78 is 0. The van der Waals surface area contributed by atoms with Crippen molar-refractivity contribution in [1.82, 2.24) is 0 Å². The highest BCUT2D eigenvalue weighted by Crippen LogP contribution is 2.26. The molecule has 0 aliphatic carbocycles. The fourth-order valence-electron chi connectivity index (χ4n) is 2.45. The Hall–Kier alpha value is -2.69. The van der Waals surface area contributed by atoms with Gasteiger partial charge in [0.25, 0.3) is 5.69 Å². The summed E-state index contributed by atoms with van der Waals surface area (Å²) in [6, 6.07) is 11.8. The molecule has 0 fully saturated rings. The van der Waals surface area contributed by atoms with Crippen LogP contribution < -0.4 is 5.32 Å². The number of nitrogens with zero attached hydrogens (tertiary/aromatic N) is 1. The topological polar surface area (TPSA) is 72.2 Å². The number of nitrogens with one attached hydrogen (secondary N) is 1. The van der Waals surface area contributed by atoms with Crippen LogP contribution in [0.4, 0.5) is 11.4 Å². The number of carbonyl (C=O) groups is 1. The number of nitro groups is 1. The summed E-state index contributed by atoms with van der Waals surface area (Å²) in [4.78, 5) is 23.4. The van der Waals surface area contributed by atoms with Crippen LogP contribution >= 0.6 is 0 Å². The van der Waals surface area contributed by atoms with Gasteiger partial charge in [0.15, 0.2) is 5.78 Å². The highest BCUT2D eigenvalue weighted by atomic mass is 16.6. The molecule has 5 heteroatoms. The van der Waals surface area contributed by atoms with Crippen LogP contribution in [-0.4, -0.2) is 16.7 Å². The lowest BCUT2D eigenvalue weighted by Crippen LogP contribution is -2.14. The molecule has 2 aromatic rings. The van der Waals surface area contributed by atoms with Gasteiger partial charge in [0, 0.05) is 29.4 Å². The molecular weight excluding hydrogens is 304 g/mol. The van der Waals surface area contributed by atoms with Gasteiger partial charge in [-0.3, -0.25) is 14.9 Å². The molecule has 0 aliphatic rings. The molecule has 0 amide bonds. The first kappa shape index (κ1) is 17.7. The van der Waals surface area contributed by atoms with E-state index >= 15 is 0 Å². The molecule has 1 N–H and O–H groups in total. The van der Waals surface area contributed by atoms with E-state index in [-0.39, 0.29) is 17.5 Å². The fourth-order valence-corrected chi connectivity index (χ4v) is 2.45. The van der Waals surface area contributed by atoms with Crippen LogP contribution in [0, 0.1) is 10.1 Å². The van der Waals surface area contributed by atoms with Crippen molar-refractivity contribution < 1.29 is 9.72 Å². The van der Waals surface area contributed by atoms with Gasteiger partial charge in [-0.05, 0) is 31.4 Å². The first-order valence-corrected chi connectivity index (χ1v) is 7.99. The van der Waals surface area contributed by atoms with Crippen LogP contribution in [0.3, 0.4) is 0 Å². The second-order valence-electron chi connectivity index (χ2n) is 6.39. The molecule has 0 unspecified atom stereocenters. The summed E-state index contributed by atoms with van der Waals surface area (Å²) in [6.07, 6.45) is 0. The lowest BCUT2D eigenvalue weighted by atomic mass is 9.97. The number of hydrogen-bond donors (Lipinski definition) is 1. The molecule has 0 heterocycles. The Kier molecular flexibility index (Phi) is 5.34. The minimum absolute atomic E-state index is 0.0912. The SMILES string of the molecule is CC(C)Nc1ccc([N+](=O)[O-])cc1C(=O)c1ccc(C(C)C)cc1. The van der Waals surface area contributed by atoms with E-state index in [1.807, 2.05) is 26.0 Å². The van der Waals surface area contributed by atoms with Crippen molar-refractivity contribution in [1.29, 1.82) is 0 Å². The van der Waals surface area contributed by atoms with Gasteiger partial charge in [-0.1, -0.05) is 38.1 Å². The summed E-state index contributed by atoms with van der Waals surface area (Å²) in [7, 11) is 0. The second-order valence-corrected chi connectivity index (χ2v) is 6.39. The first-order valence-electron chi connectivity index (χ1n) is 7.99. The number of hydrogen-bond acceptors (Lipinski definition) is 4. The van der Waals surface area contributed by atoms with Crippen LogP contribution in [0.25, 0.3) is 0 Å². The third-order valence-corrected chi connectivity index (χ3v) is 3.74. The van der Waals surface area contributed by atoms with Crippen molar-refractivity contribution >= 4 is 17.2 Å². The zero-order valence-corrected chi connectivity index (χ0v) is 14.4. The molecule has 0 bridgehead atoms. The first-order chi connectivity index (χ1) is 11.3.